The molecule has 0 heterocycles. The lowest BCUT2D eigenvalue weighted by Gasteiger charge is -2.24. The topological polar surface area (TPSA) is 56.7 Å². The number of hydrogen-bond donors (Lipinski definition) is 3. The van der Waals surface area contributed by atoms with Crippen LogP contribution in [0.5, 0.6) is 0 Å². The van der Waals surface area contributed by atoms with Crippen molar-refractivity contribution in [1.82, 2.24) is 10.6 Å². The molecule has 0 saturated carbocycles. The second-order valence-corrected chi connectivity index (χ2v) is 6.60. The zero-order valence-corrected chi connectivity index (χ0v) is 13.6. The van der Waals surface area contributed by atoms with Crippen LogP contribution in [0.1, 0.15) is 54.4 Å². The standard InChI is InChI=1S/C15H33N3O/c1-7-16-14(18-15(4,5)6)17-11-13(8-9-19)10-12(2)3/h12-13,19H,7-11H2,1-6H3,(H2,16,17,18). The lowest BCUT2D eigenvalue weighted by atomic mass is 9.94. The molecule has 0 radical (unpaired) electrons. The van der Waals surface area contributed by atoms with Crippen LogP contribution in [0.15, 0.2) is 4.99 Å². The maximum Gasteiger partial charge on any atom is 0.191 e. The van der Waals surface area contributed by atoms with Crippen molar-refractivity contribution in [2.75, 3.05) is 19.7 Å². The number of guanidine groups is 1. The van der Waals surface area contributed by atoms with Crippen LogP contribution in [0.3, 0.4) is 0 Å². The maximum atomic E-state index is 9.12. The molecule has 0 aromatic rings. The fraction of sp³-hybridized carbons (Fsp3) is 0.933. The number of aliphatic hydroxyl groups is 1. The summed E-state index contributed by atoms with van der Waals surface area (Å²) in [7, 11) is 0. The molecule has 0 aliphatic rings. The van der Waals surface area contributed by atoms with Crippen LogP contribution in [-0.2, 0) is 0 Å². The number of nitrogens with one attached hydrogen (secondary N) is 2. The van der Waals surface area contributed by atoms with Gasteiger partial charge in [0.2, 0.25) is 0 Å². The molecule has 0 amide bonds. The van der Waals surface area contributed by atoms with Crippen LogP contribution in [0.4, 0.5) is 0 Å². The Balaban J connectivity index is 4.53. The van der Waals surface area contributed by atoms with Crippen molar-refractivity contribution in [1.29, 1.82) is 0 Å². The lowest BCUT2D eigenvalue weighted by Crippen LogP contribution is -2.47. The van der Waals surface area contributed by atoms with Crippen LogP contribution in [-0.4, -0.2) is 36.3 Å². The minimum atomic E-state index is 0.00548. The van der Waals surface area contributed by atoms with E-state index >= 15 is 0 Å². The second kappa shape index (κ2) is 9.18. The smallest absolute Gasteiger partial charge is 0.191 e. The molecule has 19 heavy (non-hydrogen) atoms. The van der Waals surface area contributed by atoms with Gasteiger partial charge < -0.3 is 15.7 Å². The first-order chi connectivity index (χ1) is 8.78. The Morgan fingerprint density at radius 3 is 2.32 bits per heavy atom. The molecular weight excluding hydrogens is 238 g/mol. The summed E-state index contributed by atoms with van der Waals surface area (Å²) < 4.78 is 0. The summed E-state index contributed by atoms with van der Waals surface area (Å²) in [4.78, 5) is 4.65. The van der Waals surface area contributed by atoms with Crippen molar-refractivity contribution >= 4 is 5.96 Å². The summed E-state index contributed by atoms with van der Waals surface area (Å²) in [5.74, 6) is 1.96. The van der Waals surface area contributed by atoms with Crippen molar-refractivity contribution < 1.29 is 5.11 Å². The molecule has 1 unspecified atom stereocenters. The van der Waals surface area contributed by atoms with E-state index in [4.69, 9.17) is 5.11 Å². The Bertz CT molecular complexity index is 257. The van der Waals surface area contributed by atoms with Gasteiger partial charge in [-0.2, -0.15) is 0 Å². The lowest BCUT2D eigenvalue weighted by molar-refractivity contribution is 0.245. The van der Waals surface area contributed by atoms with E-state index in [1.807, 2.05) is 0 Å². The van der Waals surface area contributed by atoms with E-state index in [2.05, 4.69) is 57.2 Å². The van der Waals surface area contributed by atoms with Gasteiger partial charge in [-0.15, -0.1) is 0 Å². The number of hydrogen-bond acceptors (Lipinski definition) is 2. The third kappa shape index (κ3) is 10.8. The summed E-state index contributed by atoms with van der Waals surface area (Å²) >= 11 is 0. The van der Waals surface area contributed by atoms with E-state index in [9.17, 15) is 0 Å². The van der Waals surface area contributed by atoms with E-state index < -0.39 is 0 Å². The van der Waals surface area contributed by atoms with Gasteiger partial charge in [-0.3, -0.25) is 4.99 Å². The molecule has 114 valence electrons. The van der Waals surface area contributed by atoms with Gasteiger partial charge in [0.25, 0.3) is 0 Å². The van der Waals surface area contributed by atoms with Crippen molar-refractivity contribution in [2.24, 2.45) is 16.8 Å². The molecule has 1 atom stereocenters. The summed E-state index contributed by atoms with van der Waals surface area (Å²) in [6.45, 7) is 14.7. The molecular formula is C15H33N3O. The van der Waals surface area contributed by atoms with Gasteiger partial charge in [0.05, 0.1) is 0 Å². The highest BCUT2D eigenvalue weighted by Gasteiger charge is 2.14. The van der Waals surface area contributed by atoms with Crippen LogP contribution in [0.25, 0.3) is 0 Å². The van der Waals surface area contributed by atoms with Crippen LogP contribution in [0, 0.1) is 11.8 Å². The zero-order valence-electron chi connectivity index (χ0n) is 13.6. The van der Waals surface area contributed by atoms with Crippen molar-refractivity contribution in [3.63, 3.8) is 0 Å². The van der Waals surface area contributed by atoms with Gasteiger partial charge in [-0.05, 0) is 52.4 Å². The molecule has 0 rings (SSSR count). The minimum absolute atomic E-state index is 0.00548. The van der Waals surface area contributed by atoms with Gasteiger partial charge in [0.1, 0.15) is 0 Å². The van der Waals surface area contributed by atoms with Crippen LogP contribution in [0.2, 0.25) is 0 Å². The second-order valence-electron chi connectivity index (χ2n) is 6.60. The quantitative estimate of drug-likeness (QED) is 0.492. The fourth-order valence-electron chi connectivity index (χ4n) is 2.02. The number of aliphatic imine (C=N–C) groups is 1. The number of rotatable bonds is 7. The molecule has 0 aromatic carbocycles. The molecule has 0 aliphatic carbocycles. The molecule has 4 nitrogen and oxygen atoms in total. The van der Waals surface area contributed by atoms with Crippen LogP contribution < -0.4 is 10.6 Å². The van der Waals surface area contributed by atoms with Crippen molar-refractivity contribution in [2.45, 2.75) is 59.9 Å². The summed E-state index contributed by atoms with van der Waals surface area (Å²) in [6.07, 6.45) is 1.94. The van der Waals surface area contributed by atoms with E-state index in [1.165, 1.54) is 0 Å². The molecule has 4 heteroatoms. The summed E-state index contributed by atoms with van der Waals surface area (Å²) in [5, 5.41) is 15.8. The highest BCUT2D eigenvalue weighted by Crippen LogP contribution is 2.15. The Hall–Kier alpha value is -0.770. The first-order valence-electron chi connectivity index (χ1n) is 7.45. The maximum absolute atomic E-state index is 9.12. The highest BCUT2D eigenvalue weighted by atomic mass is 16.3. The van der Waals surface area contributed by atoms with E-state index in [0.717, 1.165) is 31.9 Å². The SMILES string of the molecule is CCNC(=NCC(CCO)CC(C)C)NC(C)(C)C. The average molecular weight is 271 g/mol. The average Bonchev–Trinajstić information content (AvgIpc) is 2.23. The Morgan fingerprint density at radius 1 is 1.26 bits per heavy atom. The predicted octanol–water partition coefficient (Wildman–Crippen LogP) is 2.38. The first kappa shape index (κ1) is 18.2. The predicted molar refractivity (Wildman–Crippen MR) is 83.5 cm³/mol. The Labute approximate surface area is 119 Å². The largest absolute Gasteiger partial charge is 0.396 e. The van der Waals surface area contributed by atoms with Gasteiger partial charge in [-0.25, -0.2) is 0 Å². The normalized spacial score (nSPS) is 14.6. The molecule has 0 fully saturated rings. The zero-order chi connectivity index (χ0) is 14.9. The molecule has 0 aliphatic heterocycles. The Morgan fingerprint density at radius 2 is 1.89 bits per heavy atom. The first-order valence-corrected chi connectivity index (χ1v) is 7.45. The monoisotopic (exact) mass is 271 g/mol. The minimum Gasteiger partial charge on any atom is -0.396 e. The Kier molecular flexibility index (Phi) is 8.81. The van der Waals surface area contributed by atoms with Gasteiger partial charge in [-0.1, -0.05) is 13.8 Å². The fourth-order valence-corrected chi connectivity index (χ4v) is 2.02. The summed E-state index contributed by atoms with van der Waals surface area (Å²) in [5.41, 5.74) is 0.00548. The molecule has 0 bridgehead atoms. The molecule has 3 N–H and O–H groups in total. The van der Waals surface area contributed by atoms with E-state index in [-0.39, 0.29) is 12.1 Å². The summed E-state index contributed by atoms with van der Waals surface area (Å²) in [6, 6.07) is 0. The van der Waals surface area contributed by atoms with Gasteiger partial charge in [0, 0.05) is 25.2 Å². The van der Waals surface area contributed by atoms with Gasteiger partial charge in [0.15, 0.2) is 5.96 Å². The van der Waals surface area contributed by atoms with Crippen molar-refractivity contribution in [3.8, 4) is 0 Å². The van der Waals surface area contributed by atoms with E-state index in [0.29, 0.717) is 11.8 Å². The molecule has 0 aromatic heterocycles. The third-order valence-corrected chi connectivity index (χ3v) is 2.69. The number of aliphatic hydroxyl groups excluding tert-OH is 1. The molecule has 0 spiro atoms. The molecule has 0 saturated heterocycles. The van der Waals surface area contributed by atoms with Crippen molar-refractivity contribution in [3.05, 3.63) is 0 Å². The highest BCUT2D eigenvalue weighted by molar-refractivity contribution is 5.80. The van der Waals surface area contributed by atoms with Crippen LogP contribution >= 0.6 is 0 Å². The third-order valence-electron chi connectivity index (χ3n) is 2.69. The van der Waals surface area contributed by atoms with E-state index in [1.54, 1.807) is 0 Å². The van der Waals surface area contributed by atoms with Gasteiger partial charge >= 0.3 is 0 Å². The number of nitrogens with zero attached hydrogens (tertiary/aromatic N) is 1.